The summed E-state index contributed by atoms with van der Waals surface area (Å²) in [4.78, 5) is 22.0. The highest BCUT2D eigenvalue weighted by atomic mass is 32.2. The van der Waals surface area contributed by atoms with Gasteiger partial charge in [-0.25, -0.2) is 9.97 Å². The predicted molar refractivity (Wildman–Crippen MR) is 103 cm³/mol. The maximum absolute atomic E-state index is 12.4. The van der Waals surface area contributed by atoms with Gasteiger partial charge in [0.25, 0.3) is 0 Å². The molecule has 1 atom stereocenters. The van der Waals surface area contributed by atoms with Crippen molar-refractivity contribution in [2.24, 2.45) is 0 Å². The first kappa shape index (κ1) is 16.4. The van der Waals surface area contributed by atoms with Crippen molar-refractivity contribution in [2.75, 3.05) is 11.5 Å². The number of fused-ring (bicyclic) bond motifs is 2. The number of rotatable bonds is 4. The molecule has 2 heterocycles. The molecule has 1 aliphatic rings. The van der Waals surface area contributed by atoms with E-state index in [9.17, 15) is 4.79 Å². The van der Waals surface area contributed by atoms with Gasteiger partial charge in [-0.15, -0.1) is 11.3 Å². The van der Waals surface area contributed by atoms with Crippen molar-refractivity contribution in [3.63, 3.8) is 0 Å². The van der Waals surface area contributed by atoms with Crippen LogP contribution in [0.5, 0.6) is 0 Å². The number of nitrogens with two attached hydrogens (primary N) is 1. The molecule has 0 saturated carbocycles. The topological polar surface area (TPSA) is 80.9 Å². The number of hydrogen-bond acceptors (Lipinski definition) is 6. The molecular weight excluding hydrogens is 352 g/mol. The van der Waals surface area contributed by atoms with E-state index in [4.69, 9.17) is 5.73 Å². The number of carbonyl (C=O) groups is 1. The third kappa shape index (κ3) is 3.48. The minimum atomic E-state index is 0.000140. The number of benzene rings is 1. The van der Waals surface area contributed by atoms with E-state index in [2.05, 4.69) is 33.5 Å². The summed E-state index contributed by atoms with van der Waals surface area (Å²) >= 11 is 2.85. The number of amides is 1. The summed E-state index contributed by atoms with van der Waals surface area (Å²) in [7, 11) is 0. The zero-order valence-corrected chi connectivity index (χ0v) is 15.2. The van der Waals surface area contributed by atoms with Crippen LogP contribution in [0.3, 0.4) is 0 Å². The summed E-state index contributed by atoms with van der Waals surface area (Å²) in [6.07, 6.45) is 3.17. The molecule has 7 heteroatoms. The van der Waals surface area contributed by atoms with Gasteiger partial charge in [0.2, 0.25) is 5.91 Å². The third-order valence-electron chi connectivity index (χ3n) is 4.37. The SMILES string of the molecule is Nc1nc(SCC(=O)N[C@H]2CCCc3ccccc32)nc2sccc12. The number of anilines is 1. The first-order chi connectivity index (χ1) is 12.2. The van der Waals surface area contributed by atoms with Gasteiger partial charge in [0.05, 0.1) is 17.2 Å². The zero-order valence-electron chi connectivity index (χ0n) is 13.6. The van der Waals surface area contributed by atoms with Crippen molar-refractivity contribution in [1.29, 1.82) is 0 Å². The molecule has 3 aromatic rings. The van der Waals surface area contributed by atoms with Gasteiger partial charge in [-0.05, 0) is 41.8 Å². The largest absolute Gasteiger partial charge is 0.383 e. The quantitative estimate of drug-likeness (QED) is 0.542. The lowest BCUT2D eigenvalue weighted by Crippen LogP contribution is -2.32. The Kier molecular flexibility index (Phi) is 4.59. The van der Waals surface area contributed by atoms with Crippen molar-refractivity contribution in [2.45, 2.75) is 30.5 Å². The Hall–Kier alpha value is -2.12. The molecule has 2 aromatic heterocycles. The fraction of sp³-hybridized carbons (Fsp3) is 0.278. The number of nitrogen functional groups attached to an aromatic ring is 1. The van der Waals surface area contributed by atoms with E-state index in [1.807, 2.05) is 17.5 Å². The van der Waals surface area contributed by atoms with Gasteiger partial charge in [0, 0.05) is 0 Å². The molecule has 1 aliphatic carbocycles. The number of aromatic nitrogens is 2. The Morgan fingerprint density at radius 2 is 2.20 bits per heavy atom. The molecule has 0 unspecified atom stereocenters. The molecule has 0 aliphatic heterocycles. The summed E-state index contributed by atoms with van der Waals surface area (Å²) in [5.41, 5.74) is 8.53. The van der Waals surface area contributed by atoms with E-state index in [-0.39, 0.29) is 17.7 Å². The summed E-state index contributed by atoms with van der Waals surface area (Å²) in [6.45, 7) is 0. The molecular formula is C18H18N4OS2. The van der Waals surface area contributed by atoms with Crippen LogP contribution in [0.15, 0.2) is 40.9 Å². The number of carbonyl (C=O) groups excluding carboxylic acids is 1. The first-order valence-electron chi connectivity index (χ1n) is 8.21. The van der Waals surface area contributed by atoms with Crippen LogP contribution in [-0.2, 0) is 11.2 Å². The van der Waals surface area contributed by atoms with Crippen LogP contribution in [-0.4, -0.2) is 21.6 Å². The molecule has 3 N–H and O–H groups in total. The fourth-order valence-corrected chi connectivity index (χ4v) is 4.68. The number of nitrogens with zero attached hydrogens (tertiary/aromatic N) is 2. The zero-order chi connectivity index (χ0) is 17.2. The second-order valence-corrected chi connectivity index (χ2v) is 7.87. The van der Waals surface area contributed by atoms with Gasteiger partial charge in [0.15, 0.2) is 5.16 Å². The highest BCUT2D eigenvalue weighted by molar-refractivity contribution is 7.99. The second kappa shape index (κ2) is 7.01. The lowest BCUT2D eigenvalue weighted by Gasteiger charge is -2.26. The highest BCUT2D eigenvalue weighted by Crippen LogP contribution is 2.30. The summed E-state index contributed by atoms with van der Waals surface area (Å²) in [6, 6.07) is 10.4. The lowest BCUT2D eigenvalue weighted by atomic mass is 9.88. The maximum atomic E-state index is 12.4. The Bertz CT molecular complexity index is 924. The van der Waals surface area contributed by atoms with E-state index in [0.717, 1.165) is 29.5 Å². The minimum absolute atomic E-state index is 0.000140. The van der Waals surface area contributed by atoms with E-state index < -0.39 is 0 Å². The molecule has 25 heavy (non-hydrogen) atoms. The van der Waals surface area contributed by atoms with Crippen LogP contribution in [0.1, 0.15) is 30.0 Å². The van der Waals surface area contributed by atoms with Crippen molar-refractivity contribution in [3.05, 3.63) is 46.8 Å². The highest BCUT2D eigenvalue weighted by Gasteiger charge is 2.21. The normalized spacial score (nSPS) is 16.6. The molecule has 0 bridgehead atoms. The number of hydrogen-bond donors (Lipinski definition) is 2. The molecule has 0 fully saturated rings. The average Bonchev–Trinajstić information content (AvgIpc) is 3.10. The number of nitrogens with one attached hydrogen (secondary N) is 1. The van der Waals surface area contributed by atoms with Gasteiger partial charge in [-0.2, -0.15) is 0 Å². The molecule has 0 radical (unpaired) electrons. The van der Waals surface area contributed by atoms with Crippen molar-refractivity contribution >= 4 is 45.0 Å². The van der Waals surface area contributed by atoms with E-state index in [0.29, 0.717) is 11.0 Å². The van der Waals surface area contributed by atoms with Crippen molar-refractivity contribution < 1.29 is 4.79 Å². The van der Waals surface area contributed by atoms with Crippen LogP contribution in [0.4, 0.5) is 5.82 Å². The predicted octanol–water partition coefficient (Wildman–Crippen LogP) is 3.56. The van der Waals surface area contributed by atoms with Crippen LogP contribution in [0.25, 0.3) is 10.2 Å². The maximum Gasteiger partial charge on any atom is 0.230 e. The Morgan fingerprint density at radius 3 is 3.12 bits per heavy atom. The van der Waals surface area contributed by atoms with Gasteiger partial charge < -0.3 is 11.1 Å². The smallest absolute Gasteiger partial charge is 0.230 e. The molecule has 5 nitrogen and oxygen atoms in total. The van der Waals surface area contributed by atoms with Crippen LogP contribution in [0, 0.1) is 0 Å². The first-order valence-corrected chi connectivity index (χ1v) is 10.1. The molecule has 128 valence electrons. The van der Waals surface area contributed by atoms with E-state index in [1.165, 1.54) is 34.2 Å². The van der Waals surface area contributed by atoms with Gasteiger partial charge in [0.1, 0.15) is 10.6 Å². The fourth-order valence-electron chi connectivity index (χ4n) is 3.19. The second-order valence-electron chi connectivity index (χ2n) is 6.03. The summed E-state index contributed by atoms with van der Waals surface area (Å²) in [5, 5.41) is 6.51. The molecule has 4 rings (SSSR count). The number of thioether (sulfide) groups is 1. The monoisotopic (exact) mass is 370 g/mol. The molecule has 1 aromatic carbocycles. The Balaban J connectivity index is 1.41. The summed E-state index contributed by atoms with van der Waals surface area (Å²) < 4.78 is 0. The molecule has 1 amide bonds. The van der Waals surface area contributed by atoms with Crippen LogP contribution >= 0.6 is 23.1 Å². The third-order valence-corrected chi connectivity index (χ3v) is 6.02. The molecule has 0 saturated heterocycles. The minimum Gasteiger partial charge on any atom is -0.383 e. The van der Waals surface area contributed by atoms with E-state index >= 15 is 0 Å². The molecule has 0 spiro atoms. The van der Waals surface area contributed by atoms with Crippen molar-refractivity contribution in [1.82, 2.24) is 15.3 Å². The lowest BCUT2D eigenvalue weighted by molar-refractivity contribution is -0.119. The number of thiophene rings is 1. The van der Waals surface area contributed by atoms with E-state index in [1.54, 1.807) is 0 Å². The Labute approximate surface area is 154 Å². The average molecular weight is 371 g/mol. The van der Waals surface area contributed by atoms with Crippen LogP contribution < -0.4 is 11.1 Å². The standard InChI is InChI=1S/C18H18N4OS2/c19-16-13-8-9-24-17(13)22-18(21-16)25-10-15(23)20-14-7-3-5-11-4-1-2-6-12(11)14/h1-2,4,6,8-9,14H,3,5,7,10H2,(H,20,23)(H2,19,21,22)/t14-/m0/s1. The number of aryl methyl sites for hydroxylation is 1. The van der Waals surface area contributed by atoms with Gasteiger partial charge >= 0.3 is 0 Å². The van der Waals surface area contributed by atoms with Gasteiger partial charge in [-0.3, -0.25) is 4.79 Å². The van der Waals surface area contributed by atoms with Gasteiger partial charge in [-0.1, -0.05) is 36.0 Å². The van der Waals surface area contributed by atoms with Crippen LogP contribution in [0.2, 0.25) is 0 Å². The summed E-state index contributed by atoms with van der Waals surface area (Å²) in [5.74, 6) is 0.755. The van der Waals surface area contributed by atoms with Crippen molar-refractivity contribution in [3.8, 4) is 0 Å². The Morgan fingerprint density at radius 1 is 1.32 bits per heavy atom.